The van der Waals surface area contributed by atoms with Crippen molar-refractivity contribution < 1.29 is 33.7 Å². The fourth-order valence-electron chi connectivity index (χ4n) is 6.76. The van der Waals surface area contributed by atoms with Crippen molar-refractivity contribution in [3.63, 3.8) is 0 Å². The predicted molar refractivity (Wildman–Crippen MR) is 165 cm³/mol. The van der Waals surface area contributed by atoms with Crippen molar-refractivity contribution in [3.05, 3.63) is 47.5 Å². The molecule has 3 aliphatic heterocycles. The lowest BCUT2D eigenvalue weighted by molar-refractivity contribution is -0.143. The molecule has 2 aromatic carbocycles. The second-order valence-corrected chi connectivity index (χ2v) is 11.8. The number of ether oxygens (including phenoxy) is 3. The molecule has 2 amide bonds. The zero-order valence-corrected chi connectivity index (χ0v) is 25.7. The standard InChI is InChI=1S/C33H44N4O7/c1-3-4-13-37(24-9-7-8-22(15-24)18-34)30(39)20-36-19-25(23-16-27(42-2)32-28(17-23)43-21-44-32)31(33(40)41)26(36)11-14-35-12-6-5-10-29(35)38/h7-9,15-17,25-26,31H,3-6,10-14,18-21,34H2,1-2H3,(H,40,41)/t25-,26+,31-/m1/s1. The molecule has 238 valence electrons. The number of piperidine rings is 1. The molecule has 0 unspecified atom stereocenters. The lowest BCUT2D eigenvalue weighted by Gasteiger charge is -2.32. The van der Waals surface area contributed by atoms with Crippen LogP contribution in [0.5, 0.6) is 17.2 Å². The summed E-state index contributed by atoms with van der Waals surface area (Å²) in [7, 11) is 1.54. The molecule has 3 N–H and O–H groups in total. The third-order valence-electron chi connectivity index (χ3n) is 9.09. The molecule has 3 aliphatic rings. The molecule has 0 radical (unpaired) electrons. The first-order valence-corrected chi connectivity index (χ1v) is 15.7. The number of carbonyl (C=O) groups is 3. The molecular weight excluding hydrogens is 564 g/mol. The summed E-state index contributed by atoms with van der Waals surface area (Å²) in [6.45, 7) is 4.60. The van der Waals surface area contributed by atoms with Crippen molar-refractivity contribution >= 4 is 23.5 Å². The van der Waals surface area contributed by atoms with Gasteiger partial charge in [-0.15, -0.1) is 0 Å². The highest BCUT2D eigenvalue weighted by Crippen LogP contribution is 2.47. The molecule has 44 heavy (non-hydrogen) atoms. The largest absolute Gasteiger partial charge is 0.493 e. The van der Waals surface area contributed by atoms with Gasteiger partial charge in [0.2, 0.25) is 24.4 Å². The maximum Gasteiger partial charge on any atom is 0.308 e. The monoisotopic (exact) mass is 608 g/mol. The molecule has 3 atom stereocenters. The maximum absolute atomic E-state index is 14.1. The number of nitrogens with zero attached hydrogens (tertiary/aromatic N) is 3. The molecule has 3 heterocycles. The van der Waals surface area contributed by atoms with Crippen LogP contribution >= 0.6 is 0 Å². The van der Waals surface area contributed by atoms with Crippen LogP contribution in [-0.2, 0) is 20.9 Å². The van der Waals surface area contributed by atoms with Crippen molar-refractivity contribution in [3.8, 4) is 17.2 Å². The van der Waals surface area contributed by atoms with Crippen molar-refractivity contribution in [2.45, 2.75) is 64.0 Å². The minimum atomic E-state index is -0.935. The van der Waals surface area contributed by atoms with Crippen molar-refractivity contribution in [1.29, 1.82) is 0 Å². The van der Waals surface area contributed by atoms with Gasteiger partial charge in [0.15, 0.2) is 11.5 Å². The summed E-state index contributed by atoms with van der Waals surface area (Å²) < 4.78 is 16.8. The van der Waals surface area contributed by atoms with E-state index in [9.17, 15) is 19.5 Å². The van der Waals surface area contributed by atoms with Crippen LogP contribution in [0.1, 0.15) is 62.5 Å². The average molecular weight is 609 g/mol. The summed E-state index contributed by atoms with van der Waals surface area (Å²) in [6, 6.07) is 10.9. The Morgan fingerprint density at radius 1 is 1.18 bits per heavy atom. The van der Waals surface area contributed by atoms with Crippen LogP contribution in [0, 0.1) is 5.92 Å². The van der Waals surface area contributed by atoms with Crippen LogP contribution in [-0.4, -0.2) is 85.4 Å². The van der Waals surface area contributed by atoms with Gasteiger partial charge in [0.05, 0.1) is 19.6 Å². The molecule has 11 heteroatoms. The van der Waals surface area contributed by atoms with Crippen LogP contribution in [0.4, 0.5) is 5.69 Å². The van der Waals surface area contributed by atoms with E-state index in [2.05, 4.69) is 6.92 Å². The molecule has 2 aromatic rings. The number of benzene rings is 2. The zero-order chi connectivity index (χ0) is 31.2. The van der Waals surface area contributed by atoms with Crippen molar-refractivity contribution in [2.75, 3.05) is 51.5 Å². The first kappa shape index (κ1) is 31.6. The van der Waals surface area contributed by atoms with Gasteiger partial charge in [-0.2, -0.15) is 0 Å². The second kappa shape index (κ2) is 14.3. The molecule has 0 saturated carbocycles. The molecule has 2 saturated heterocycles. The number of carbonyl (C=O) groups excluding carboxylic acids is 2. The highest BCUT2D eigenvalue weighted by Gasteiger charge is 2.48. The Hall–Kier alpha value is -3.83. The quantitative estimate of drug-likeness (QED) is 0.350. The number of aliphatic carboxylic acids is 1. The van der Waals surface area contributed by atoms with Crippen LogP contribution < -0.4 is 24.8 Å². The second-order valence-electron chi connectivity index (χ2n) is 11.8. The minimum Gasteiger partial charge on any atom is -0.493 e. The predicted octanol–water partition coefficient (Wildman–Crippen LogP) is 3.59. The Morgan fingerprint density at radius 3 is 2.75 bits per heavy atom. The minimum absolute atomic E-state index is 0.0527. The van der Waals surface area contributed by atoms with Crippen LogP contribution in [0.25, 0.3) is 0 Å². The van der Waals surface area contributed by atoms with Crippen LogP contribution in [0.3, 0.4) is 0 Å². The Bertz CT molecular complexity index is 1350. The van der Waals surface area contributed by atoms with Gasteiger partial charge in [0.25, 0.3) is 0 Å². The van der Waals surface area contributed by atoms with Gasteiger partial charge in [-0.3, -0.25) is 19.3 Å². The van der Waals surface area contributed by atoms with Gasteiger partial charge in [-0.1, -0.05) is 25.5 Å². The Kier molecular flexibility index (Phi) is 10.3. The van der Waals surface area contributed by atoms with Gasteiger partial charge < -0.3 is 34.9 Å². The summed E-state index contributed by atoms with van der Waals surface area (Å²) in [4.78, 5) is 45.3. The fraction of sp³-hybridized carbons (Fsp3) is 0.545. The number of carboxylic acids is 1. The van der Waals surface area contributed by atoms with Crippen molar-refractivity contribution in [1.82, 2.24) is 9.80 Å². The van der Waals surface area contributed by atoms with Gasteiger partial charge in [0.1, 0.15) is 0 Å². The average Bonchev–Trinajstić information content (AvgIpc) is 3.65. The highest BCUT2D eigenvalue weighted by molar-refractivity contribution is 5.95. The van der Waals surface area contributed by atoms with Crippen LogP contribution in [0.15, 0.2) is 36.4 Å². The van der Waals surface area contributed by atoms with E-state index in [1.807, 2.05) is 46.2 Å². The number of fused-ring (bicyclic) bond motifs is 1. The fourth-order valence-corrected chi connectivity index (χ4v) is 6.76. The summed E-state index contributed by atoms with van der Waals surface area (Å²) in [5, 5.41) is 10.6. The number of carboxylic acid groups (broad SMARTS) is 1. The number of methoxy groups -OCH3 is 1. The van der Waals surface area contributed by atoms with E-state index in [1.165, 1.54) is 0 Å². The van der Waals surface area contributed by atoms with Crippen molar-refractivity contribution in [2.24, 2.45) is 11.7 Å². The maximum atomic E-state index is 14.1. The molecule has 0 aliphatic carbocycles. The summed E-state index contributed by atoms with van der Waals surface area (Å²) in [5.41, 5.74) is 8.37. The summed E-state index contributed by atoms with van der Waals surface area (Å²) in [6.07, 6.45) is 4.54. The number of hydrogen-bond donors (Lipinski definition) is 2. The Labute approximate surface area is 258 Å². The highest BCUT2D eigenvalue weighted by atomic mass is 16.7. The van der Waals surface area contributed by atoms with Gasteiger partial charge in [-0.05, 0) is 61.1 Å². The van der Waals surface area contributed by atoms with Gasteiger partial charge in [0, 0.05) is 56.8 Å². The van der Waals surface area contributed by atoms with Crippen LogP contribution in [0.2, 0.25) is 0 Å². The third kappa shape index (κ3) is 6.78. The molecular formula is C33H44N4O7. The third-order valence-corrected chi connectivity index (χ3v) is 9.09. The molecule has 2 fully saturated rings. The van der Waals surface area contributed by atoms with E-state index < -0.39 is 23.8 Å². The zero-order valence-electron chi connectivity index (χ0n) is 25.7. The Balaban J connectivity index is 1.46. The number of rotatable bonds is 13. The molecule has 0 aromatic heterocycles. The lowest BCUT2D eigenvalue weighted by Crippen LogP contribution is -2.46. The topological polar surface area (TPSA) is 135 Å². The molecule has 0 bridgehead atoms. The van der Waals surface area contributed by atoms with E-state index in [0.29, 0.717) is 62.8 Å². The van der Waals surface area contributed by atoms with E-state index in [1.54, 1.807) is 12.0 Å². The smallest absolute Gasteiger partial charge is 0.308 e. The lowest BCUT2D eigenvalue weighted by atomic mass is 9.84. The Morgan fingerprint density at radius 2 is 2.02 bits per heavy atom. The number of amides is 2. The molecule has 5 rings (SSSR count). The van der Waals surface area contributed by atoms with E-state index in [4.69, 9.17) is 19.9 Å². The summed E-state index contributed by atoms with van der Waals surface area (Å²) >= 11 is 0. The van der Waals surface area contributed by atoms with E-state index in [0.717, 1.165) is 42.5 Å². The van der Waals surface area contributed by atoms with Gasteiger partial charge in [-0.25, -0.2) is 0 Å². The summed E-state index contributed by atoms with van der Waals surface area (Å²) in [5.74, 6) is -0.679. The number of likely N-dealkylation sites (tertiary alicyclic amines) is 2. The number of unbranched alkanes of at least 4 members (excludes halogenated alkanes) is 1. The number of anilines is 1. The first-order valence-electron chi connectivity index (χ1n) is 15.7. The number of hydrogen-bond acceptors (Lipinski definition) is 8. The van der Waals surface area contributed by atoms with E-state index in [-0.39, 0.29) is 25.2 Å². The molecule has 11 nitrogen and oxygen atoms in total. The number of nitrogens with two attached hydrogens (primary N) is 1. The SMILES string of the molecule is CCCCN(C(=O)CN1C[C@H](c2cc(OC)c3c(c2)OCO3)[C@@H](C(=O)O)[C@@H]1CCN1CCCCC1=O)c1cccc(CN)c1. The normalized spacial score (nSPS) is 21.5. The van der Waals surface area contributed by atoms with Gasteiger partial charge >= 0.3 is 5.97 Å². The first-order chi connectivity index (χ1) is 21.3. The van der Waals surface area contributed by atoms with E-state index >= 15 is 0 Å². The molecule has 0 spiro atoms.